The van der Waals surface area contributed by atoms with E-state index >= 15 is 0 Å². The molecule has 0 heterocycles. The minimum Gasteiger partial charge on any atom is -0.495 e. The molecule has 0 radical (unpaired) electrons. The Morgan fingerprint density at radius 1 is 1.12 bits per heavy atom. The molecule has 10 heteroatoms. The van der Waals surface area contributed by atoms with Gasteiger partial charge in [-0.15, -0.1) is 0 Å². The third-order valence-corrected chi connectivity index (χ3v) is 6.62. The summed E-state index contributed by atoms with van der Waals surface area (Å²) in [6.07, 6.45) is 2.77. The standard InChI is InChI=1S/C23H31N3O6S/c1-6-16-9-10-17(7-2)18(13-16)15-24-23(27)20(8-3)25(33(5,30)31)21-14-19(26(28)29)11-12-22(21)32-4/h9-14,20H,6-8,15H2,1-5H3,(H,24,27). The number of ether oxygens (including phenoxy) is 1. The lowest BCUT2D eigenvalue weighted by Gasteiger charge is -2.31. The Labute approximate surface area is 195 Å². The normalized spacial score (nSPS) is 12.2. The maximum Gasteiger partial charge on any atom is 0.271 e. The molecule has 9 nitrogen and oxygen atoms in total. The van der Waals surface area contributed by atoms with Crippen molar-refractivity contribution < 1.29 is 22.9 Å². The number of nitrogens with one attached hydrogen (secondary N) is 1. The Balaban J connectivity index is 2.44. The third-order valence-electron chi connectivity index (χ3n) is 5.45. The largest absolute Gasteiger partial charge is 0.495 e. The molecule has 0 spiro atoms. The van der Waals surface area contributed by atoms with E-state index < -0.39 is 26.9 Å². The molecule has 0 aromatic heterocycles. The molecule has 0 aliphatic rings. The van der Waals surface area contributed by atoms with Crippen LogP contribution in [0.25, 0.3) is 0 Å². The van der Waals surface area contributed by atoms with E-state index in [-0.39, 0.29) is 30.1 Å². The van der Waals surface area contributed by atoms with Gasteiger partial charge in [0.2, 0.25) is 15.9 Å². The fraction of sp³-hybridized carbons (Fsp3) is 0.435. The summed E-state index contributed by atoms with van der Waals surface area (Å²) >= 11 is 0. The summed E-state index contributed by atoms with van der Waals surface area (Å²) in [5, 5.41) is 14.1. The summed E-state index contributed by atoms with van der Waals surface area (Å²) in [6.45, 7) is 6.01. The first-order valence-corrected chi connectivity index (χ1v) is 12.6. The molecule has 0 aliphatic heterocycles. The van der Waals surface area contributed by atoms with Crippen molar-refractivity contribution in [2.75, 3.05) is 17.7 Å². The maximum absolute atomic E-state index is 13.2. The fourth-order valence-corrected chi connectivity index (χ4v) is 4.92. The number of hydrogen-bond acceptors (Lipinski definition) is 6. The van der Waals surface area contributed by atoms with E-state index in [9.17, 15) is 23.3 Å². The summed E-state index contributed by atoms with van der Waals surface area (Å²) in [7, 11) is -2.65. The van der Waals surface area contributed by atoms with Crippen LogP contribution in [-0.4, -0.2) is 38.7 Å². The summed E-state index contributed by atoms with van der Waals surface area (Å²) in [6, 6.07) is 8.66. The Morgan fingerprint density at radius 3 is 2.33 bits per heavy atom. The second-order valence-corrected chi connectivity index (χ2v) is 9.48. The van der Waals surface area contributed by atoms with Gasteiger partial charge < -0.3 is 10.1 Å². The van der Waals surface area contributed by atoms with Gasteiger partial charge in [-0.05, 0) is 42.0 Å². The Morgan fingerprint density at radius 2 is 1.82 bits per heavy atom. The predicted octanol–water partition coefficient (Wildman–Crippen LogP) is 3.59. The number of carbonyl (C=O) groups excluding carboxylic acids is 1. The van der Waals surface area contributed by atoms with E-state index in [1.165, 1.54) is 19.2 Å². The van der Waals surface area contributed by atoms with E-state index in [1.807, 2.05) is 26.0 Å². The highest BCUT2D eigenvalue weighted by molar-refractivity contribution is 7.92. The summed E-state index contributed by atoms with van der Waals surface area (Å²) < 4.78 is 31.7. The molecule has 33 heavy (non-hydrogen) atoms. The van der Waals surface area contributed by atoms with Gasteiger partial charge in [0.15, 0.2) is 0 Å². The number of nitrogens with zero attached hydrogens (tertiary/aromatic N) is 2. The SMILES string of the molecule is CCc1ccc(CC)c(CNC(=O)C(CC)N(c2cc([N+](=O)[O-])ccc2OC)S(C)(=O)=O)c1. The van der Waals surface area contributed by atoms with Crippen LogP contribution in [-0.2, 0) is 34.2 Å². The van der Waals surface area contributed by atoms with Crippen molar-refractivity contribution in [1.29, 1.82) is 0 Å². The van der Waals surface area contributed by atoms with Gasteiger partial charge in [-0.3, -0.25) is 19.2 Å². The smallest absolute Gasteiger partial charge is 0.271 e. The number of sulfonamides is 1. The van der Waals surface area contributed by atoms with Gasteiger partial charge in [-0.25, -0.2) is 8.42 Å². The average molecular weight is 478 g/mol. The van der Waals surface area contributed by atoms with E-state index in [1.54, 1.807) is 6.92 Å². The van der Waals surface area contributed by atoms with Crippen molar-refractivity contribution in [3.05, 3.63) is 63.2 Å². The molecular weight excluding hydrogens is 446 g/mol. The van der Waals surface area contributed by atoms with Crippen molar-refractivity contribution in [2.45, 2.75) is 52.6 Å². The van der Waals surface area contributed by atoms with Crippen molar-refractivity contribution >= 4 is 27.3 Å². The molecule has 2 rings (SSSR count). The van der Waals surface area contributed by atoms with Crippen molar-refractivity contribution in [3.63, 3.8) is 0 Å². The molecule has 1 N–H and O–H groups in total. The van der Waals surface area contributed by atoms with Gasteiger partial charge in [0.1, 0.15) is 17.5 Å². The second-order valence-electron chi connectivity index (χ2n) is 7.62. The van der Waals surface area contributed by atoms with Gasteiger partial charge in [0.25, 0.3) is 5.69 Å². The summed E-state index contributed by atoms with van der Waals surface area (Å²) in [5.74, 6) is -0.387. The lowest BCUT2D eigenvalue weighted by molar-refractivity contribution is -0.384. The molecule has 0 saturated carbocycles. The zero-order valence-corrected chi connectivity index (χ0v) is 20.4. The third kappa shape index (κ3) is 6.22. The van der Waals surface area contributed by atoms with Gasteiger partial charge in [0.05, 0.1) is 18.3 Å². The number of non-ortho nitro benzene ring substituents is 1. The molecule has 2 aromatic carbocycles. The van der Waals surface area contributed by atoms with Crippen LogP contribution in [0.15, 0.2) is 36.4 Å². The molecule has 0 bridgehead atoms. The molecule has 1 amide bonds. The average Bonchev–Trinajstić information content (AvgIpc) is 2.79. The van der Waals surface area contributed by atoms with Crippen LogP contribution < -0.4 is 14.4 Å². The van der Waals surface area contributed by atoms with E-state index in [0.717, 1.165) is 46.2 Å². The highest BCUT2D eigenvalue weighted by atomic mass is 32.2. The highest BCUT2D eigenvalue weighted by Gasteiger charge is 2.34. The first-order valence-electron chi connectivity index (χ1n) is 10.8. The summed E-state index contributed by atoms with van der Waals surface area (Å²) in [4.78, 5) is 23.8. The lowest BCUT2D eigenvalue weighted by Crippen LogP contribution is -2.49. The number of benzene rings is 2. The van der Waals surface area contributed by atoms with Gasteiger partial charge >= 0.3 is 0 Å². The number of nitro groups is 1. The summed E-state index contributed by atoms with van der Waals surface area (Å²) in [5.41, 5.74) is 2.85. The molecule has 1 atom stereocenters. The van der Waals surface area contributed by atoms with Crippen LogP contribution >= 0.6 is 0 Å². The molecule has 0 fully saturated rings. The quantitative estimate of drug-likeness (QED) is 0.390. The number of rotatable bonds is 11. The minimum absolute atomic E-state index is 0.0570. The molecule has 0 saturated heterocycles. The number of aryl methyl sites for hydroxylation is 2. The maximum atomic E-state index is 13.2. The Hall–Kier alpha value is -3.14. The zero-order valence-electron chi connectivity index (χ0n) is 19.6. The van der Waals surface area contributed by atoms with Gasteiger partial charge in [0, 0.05) is 18.7 Å². The van der Waals surface area contributed by atoms with Crippen LogP contribution in [0.2, 0.25) is 0 Å². The number of anilines is 1. The molecule has 2 aromatic rings. The first-order chi connectivity index (χ1) is 15.6. The molecular formula is C23H31N3O6S. The molecule has 180 valence electrons. The number of hydrogen-bond donors (Lipinski definition) is 1. The molecule has 0 aliphatic carbocycles. The number of carbonyl (C=O) groups is 1. The van der Waals surface area contributed by atoms with Crippen LogP contribution in [0, 0.1) is 10.1 Å². The fourth-order valence-electron chi connectivity index (χ4n) is 3.71. The number of amides is 1. The van der Waals surface area contributed by atoms with Crippen LogP contribution in [0.3, 0.4) is 0 Å². The van der Waals surface area contributed by atoms with Crippen LogP contribution in [0.4, 0.5) is 11.4 Å². The highest BCUT2D eigenvalue weighted by Crippen LogP contribution is 2.35. The monoisotopic (exact) mass is 477 g/mol. The Kier molecular flexibility index (Phi) is 8.81. The number of methoxy groups -OCH3 is 1. The topological polar surface area (TPSA) is 119 Å². The molecule has 1 unspecified atom stereocenters. The number of nitro benzene ring substituents is 1. The van der Waals surface area contributed by atoms with Gasteiger partial charge in [-0.2, -0.15) is 0 Å². The van der Waals surface area contributed by atoms with Crippen LogP contribution in [0.5, 0.6) is 5.75 Å². The predicted molar refractivity (Wildman–Crippen MR) is 128 cm³/mol. The zero-order chi connectivity index (χ0) is 24.8. The van der Waals surface area contributed by atoms with E-state index in [4.69, 9.17) is 4.74 Å². The second kappa shape index (κ2) is 11.1. The van der Waals surface area contributed by atoms with Crippen molar-refractivity contribution in [2.24, 2.45) is 0 Å². The lowest BCUT2D eigenvalue weighted by atomic mass is 10.0. The van der Waals surface area contributed by atoms with Crippen molar-refractivity contribution in [3.8, 4) is 5.75 Å². The minimum atomic E-state index is -3.99. The van der Waals surface area contributed by atoms with E-state index in [0.29, 0.717) is 0 Å². The van der Waals surface area contributed by atoms with E-state index in [2.05, 4.69) is 11.4 Å². The Bertz CT molecular complexity index is 1120. The first kappa shape index (κ1) is 26.1. The van der Waals surface area contributed by atoms with Crippen LogP contribution in [0.1, 0.15) is 43.9 Å². The van der Waals surface area contributed by atoms with Crippen molar-refractivity contribution in [1.82, 2.24) is 5.32 Å². The van der Waals surface area contributed by atoms with Gasteiger partial charge in [-0.1, -0.05) is 39.0 Å².